The first-order valence-electron chi connectivity index (χ1n) is 3.66. The van der Waals surface area contributed by atoms with Crippen molar-refractivity contribution < 1.29 is 14.7 Å². The van der Waals surface area contributed by atoms with Gasteiger partial charge in [0.2, 0.25) is 0 Å². The number of carbonyl (C=O) groups excluding carboxylic acids is 1. The molecule has 2 heterocycles. The lowest BCUT2D eigenvalue weighted by molar-refractivity contribution is -0.132. The van der Waals surface area contributed by atoms with Crippen molar-refractivity contribution in [2.24, 2.45) is 15.0 Å². The van der Waals surface area contributed by atoms with Crippen LogP contribution in [0.15, 0.2) is 26.8 Å². The average Bonchev–Trinajstić information content (AvgIpc) is 2.67. The predicted octanol–water partition coefficient (Wildman–Crippen LogP) is 0.0551. The fourth-order valence-corrected chi connectivity index (χ4v) is 1.01. The molecule has 2 aliphatic rings. The van der Waals surface area contributed by atoms with Gasteiger partial charge in [0.15, 0.2) is 5.84 Å². The van der Waals surface area contributed by atoms with Crippen molar-refractivity contribution in [2.75, 3.05) is 0 Å². The molecule has 0 saturated carbocycles. The second-order valence-electron chi connectivity index (χ2n) is 2.41. The van der Waals surface area contributed by atoms with E-state index in [1.807, 2.05) is 6.79 Å². The van der Waals surface area contributed by atoms with E-state index in [-0.39, 0.29) is 5.57 Å². The van der Waals surface area contributed by atoms with Gasteiger partial charge >= 0.3 is 5.97 Å². The molecular formula is C8H7N3O3. The standard InChI is InChI=1S/C7H5N3O2.CH2O/c11-7(12)4-1-5-6(8-2-4)10-3-9-5;1-2/h2-3H,1H2,(H,11,12);1H2. The van der Waals surface area contributed by atoms with Crippen molar-refractivity contribution in [3.8, 4) is 0 Å². The van der Waals surface area contributed by atoms with Crippen molar-refractivity contribution in [3.63, 3.8) is 0 Å². The lowest BCUT2D eigenvalue weighted by Gasteiger charge is -2.05. The number of fused-ring (bicyclic) bond motifs is 1. The molecule has 0 unspecified atom stereocenters. The van der Waals surface area contributed by atoms with Gasteiger partial charge in [-0.3, -0.25) is 0 Å². The number of nitrogens with zero attached hydrogens (tertiary/aromatic N) is 3. The monoisotopic (exact) mass is 193 g/mol. The highest BCUT2D eigenvalue weighted by molar-refractivity contribution is 6.47. The molecule has 0 aromatic rings. The summed E-state index contributed by atoms with van der Waals surface area (Å²) in [5.41, 5.74) is 0.887. The van der Waals surface area contributed by atoms with Crippen LogP contribution < -0.4 is 0 Å². The van der Waals surface area contributed by atoms with E-state index in [0.29, 0.717) is 18.0 Å². The molecule has 1 N–H and O–H groups in total. The molecule has 0 aliphatic carbocycles. The van der Waals surface area contributed by atoms with E-state index < -0.39 is 5.97 Å². The molecular weight excluding hydrogens is 186 g/mol. The highest BCUT2D eigenvalue weighted by Crippen LogP contribution is 2.13. The fourth-order valence-electron chi connectivity index (χ4n) is 1.01. The van der Waals surface area contributed by atoms with Crippen LogP contribution in [-0.2, 0) is 9.59 Å². The molecule has 0 radical (unpaired) electrons. The van der Waals surface area contributed by atoms with E-state index in [2.05, 4.69) is 15.0 Å². The van der Waals surface area contributed by atoms with Crippen molar-refractivity contribution in [2.45, 2.75) is 6.42 Å². The highest BCUT2D eigenvalue weighted by Gasteiger charge is 2.20. The summed E-state index contributed by atoms with van der Waals surface area (Å²) < 4.78 is 0. The van der Waals surface area contributed by atoms with Gasteiger partial charge in [0.25, 0.3) is 0 Å². The van der Waals surface area contributed by atoms with E-state index in [1.54, 1.807) is 0 Å². The number of hydrogen-bond acceptors (Lipinski definition) is 5. The lowest BCUT2D eigenvalue weighted by Crippen LogP contribution is -2.16. The van der Waals surface area contributed by atoms with Crippen molar-refractivity contribution >= 4 is 30.6 Å². The van der Waals surface area contributed by atoms with Crippen molar-refractivity contribution in [3.05, 3.63) is 11.8 Å². The number of amidine groups is 1. The van der Waals surface area contributed by atoms with Crippen LogP contribution in [0.25, 0.3) is 0 Å². The Labute approximate surface area is 79.4 Å². The quantitative estimate of drug-likeness (QED) is 0.638. The predicted molar refractivity (Wildman–Crippen MR) is 50.8 cm³/mol. The summed E-state index contributed by atoms with van der Waals surface area (Å²) in [7, 11) is 0. The van der Waals surface area contributed by atoms with Gasteiger partial charge in [-0.2, -0.15) is 0 Å². The second-order valence-corrected chi connectivity index (χ2v) is 2.41. The third-order valence-electron chi connectivity index (χ3n) is 1.63. The zero-order valence-electron chi connectivity index (χ0n) is 7.17. The summed E-state index contributed by atoms with van der Waals surface area (Å²) in [6.07, 6.45) is 3.01. The van der Waals surface area contributed by atoms with Crippen LogP contribution in [0, 0.1) is 0 Å². The van der Waals surface area contributed by atoms with Crippen LogP contribution in [0.5, 0.6) is 0 Å². The summed E-state index contributed by atoms with van der Waals surface area (Å²) in [5.74, 6) is -0.424. The van der Waals surface area contributed by atoms with Crippen LogP contribution in [-0.4, -0.2) is 35.8 Å². The fraction of sp³-hybridized carbons (Fsp3) is 0.125. The molecule has 0 spiro atoms. The van der Waals surface area contributed by atoms with Gasteiger partial charge in [0.1, 0.15) is 13.1 Å². The number of rotatable bonds is 1. The Morgan fingerprint density at radius 1 is 1.43 bits per heavy atom. The third kappa shape index (κ3) is 1.79. The minimum absolute atomic E-state index is 0.253. The Hall–Kier alpha value is -2.11. The molecule has 2 rings (SSSR count). The summed E-state index contributed by atoms with van der Waals surface area (Å²) in [6, 6.07) is 0. The van der Waals surface area contributed by atoms with E-state index in [9.17, 15) is 4.79 Å². The number of carbonyl (C=O) groups is 2. The van der Waals surface area contributed by atoms with Gasteiger partial charge < -0.3 is 9.90 Å². The van der Waals surface area contributed by atoms with Crippen LogP contribution in [0.3, 0.4) is 0 Å². The van der Waals surface area contributed by atoms with E-state index in [0.717, 1.165) is 0 Å². The van der Waals surface area contributed by atoms with E-state index in [1.165, 1.54) is 12.5 Å². The molecule has 2 aliphatic heterocycles. The Balaban J connectivity index is 0.000000461. The number of carboxylic acids is 1. The molecule has 72 valence electrons. The maximum atomic E-state index is 10.5. The first-order valence-corrected chi connectivity index (χ1v) is 3.66. The normalized spacial score (nSPS) is 17.0. The van der Waals surface area contributed by atoms with Crippen LogP contribution in [0.2, 0.25) is 0 Å². The summed E-state index contributed by atoms with van der Waals surface area (Å²) in [5, 5.41) is 8.62. The number of hydrogen-bond donors (Lipinski definition) is 1. The Morgan fingerprint density at radius 3 is 2.79 bits per heavy atom. The molecule has 0 amide bonds. The Bertz CT molecular complexity index is 379. The lowest BCUT2D eigenvalue weighted by atomic mass is 10.1. The van der Waals surface area contributed by atoms with Gasteiger partial charge in [-0.1, -0.05) is 0 Å². The zero-order valence-corrected chi connectivity index (χ0v) is 7.17. The number of aliphatic carboxylic acids is 1. The minimum Gasteiger partial charge on any atom is -0.478 e. The van der Waals surface area contributed by atoms with Gasteiger partial charge in [-0.25, -0.2) is 19.8 Å². The molecule has 0 fully saturated rings. The highest BCUT2D eigenvalue weighted by atomic mass is 16.4. The maximum absolute atomic E-state index is 10.5. The zero-order chi connectivity index (χ0) is 10.6. The summed E-state index contributed by atoms with van der Waals surface area (Å²) >= 11 is 0. The third-order valence-corrected chi connectivity index (χ3v) is 1.63. The SMILES string of the molecule is C=O.O=C(O)C1=CN=C2N=CN=C2C1. The summed E-state index contributed by atoms with van der Waals surface area (Å²) in [6.45, 7) is 2.00. The average molecular weight is 193 g/mol. The topological polar surface area (TPSA) is 91.5 Å². The molecule has 0 aromatic heterocycles. The van der Waals surface area contributed by atoms with Gasteiger partial charge in [0, 0.05) is 12.6 Å². The molecule has 6 nitrogen and oxygen atoms in total. The molecule has 0 aromatic carbocycles. The summed E-state index contributed by atoms with van der Waals surface area (Å²) in [4.78, 5) is 30.1. The Morgan fingerprint density at radius 2 is 2.14 bits per heavy atom. The second kappa shape index (κ2) is 4.22. The van der Waals surface area contributed by atoms with Gasteiger partial charge in [-0.05, 0) is 0 Å². The van der Waals surface area contributed by atoms with Crippen molar-refractivity contribution in [1.82, 2.24) is 0 Å². The minimum atomic E-state index is -0.951. The van der Waals surface area contributed by atoms with E-state index >= 15 is 0 Å². The molecule has 0 atom stereocenters. The number of carboxylic acid groups (broad SMARTS) is 1. The molecule has 14 heavy (non-hydrogen) atoms. The largest absolute Gasteiger partial charge is 0.478 e. The molecule has 0 saturated heterocycles. The Kier molecular flexibility index (Phi) is 3.01. The first kappa shape index (κ1) is 9.97. The molecule has 0 bridgehead atoms. The first-order chi connectivity index (χ1) is 6.77. The maximum Gasteiger partial charge on any atom is 0.333 e. The van der Waals surface area contributed by atoms with Crippen LogP contribution >= 0.6 is 0 Å². The van der Waals surface area contributed by atoms with Crippen molar-refractivity contribution in [1.29, 1.82) is 0 Å². The van der Waals surface area contributed by atoms with Crippen LogP contribution in [0.1, 0.15) is 6.42 Å². The molecule has 6 heteroatoms. The van der Waals surface area contributed by atoms with E-state index in [4.69, 9.17) is 9.90 Å². The van der Waals surface area contributed by atoms with Gasteiger partial charge in [-0.15, -0.1) is 0 Å². The smallest absolute Gasteiger partial charge is 0.333 e. The van der Waals surface area contributed by atoms with Gasteiger partial charge in [0.05, 0.1) is 11.3 Å². The van der Waals surface area contributed by atoms with Crippen LogP contribution in [0.4, 0.5) is 0 Å². The number of aliphatic imine (C=N–C) groups is 3.